The van der Waals surface area contributed by atoms with Crippen molar-refractivity contribution in [1.82, 2.24) is 0 Å². The predicted octanol–water partition coefficient (Wildman–Crippen LogP) is 8.58. The minimum atomic E-state index is 0.224. The van der Waals surface area contributed by atoms with Crippen LogP contribution in [0.25, 0.3) is 22.3 Å². The highest BCUT2D eigenvalue weighted by atomic mass is 32.2. The first kappa shape index (κ1) is 19.7. The molecule has 4 aliphatic rings. The maximum Gasteiger partial charge on any atom is 0.0447 e. The van der Waals surface area contributed by atoms with Gasteiger partial charge in [-0.25, -0.2) is 0 Å². The van der Waals surface area contributed by atoms with Gasteiger partial charge in [0.15, 0.2) is 0 Å². The van der Waals surface area contributed by atoms with Crippen LogP contribution in [0.1, 0.15) is 21.9 Å². The van der Waals surface area contributed by atoms with Crippen LogP contribution in [0.3, 0.4) is 0 Å². The molecule has 0 aromatic carbocycles. The molecule has 0 spiro atoms. The molecule has 0 bridgehead atoms. The summed E-state index contributed by atoms with van der Waals surface area (Å²) in [6, 6.07) is 31.2. The van der Waals surface area contributed by atoms with E-state index in [4.69, 9.17) is 0 Å². The largest absolute Gasteiger partial charge is 0.148 e. The molecule has 1 aromatic rings. The fourth-order valence-electron chi connectivity index (χ4n) is 4.37. The Morgan fingerprint density at radius 2 is 1.10 bits per heavy atom. The van der Waals surface area contributed by atoms with Gasteiger partial charge < -0.3 is 0 Å². The van der Waals surface area contributed by atoms with Gasteiger partial charge in [0, 0.05) is 20.6 Å². The first-order valence-electron chi connectivity index (χ1n) is 9.96. The van der Waals surface area contributed by atoms with Gasteiger partial charge >= 0.3 is 0 Å². The lowest BCUT2D eigenvalue weighted by Crippen LogP contribution is -2.01. The van der Waals surface area contributed by atoms with Gasteiger partial charge in [-0.2, -0.15) is 0 Å². The molecule has 0 N–H and O–H groups in total. The summed E-state index contributed by atoms with van der Waals surface area (Å²) in [6.45, 7) is 0. The average Bonchev–Trinajstić information content (AvgIpc) is 3.38. The van der Waals surface area contributed by atoms with Gasteiger partial charge in [0.1, 0.15) is 0 Å². The summed E-state index contributed by atoms with van der Waals surface area (Å²) in [6.07, 6.45) is 4.35. The van der Waals surface area contributed by atoms with Crippen LogP contribution in [-0.4, -0.2) is 12.5 Å². The molecule has 5 rings (SSSR count). The zero-order valence-corrected chi connectivity index (χ0v) is 19.4. The van der Waals surface area contributed by atoms with Crippen molar-refractivity contribution in [3.05, 3.63) is 106 Å². The van der Waals surface area contributed by atoms with E-state index in [-0.39, 0.29) is 5.92 Å². The van der Waals surface area contributed by atoms with Crippen molar-refractivity contribution < 1.29 is 0 Å². The van der Waals surface area contributed by atoms with Crippen molar-refractivity contribution in [3.63, 3.8) is 0 Å². The monoisotopic (exact) mass is 442 g/mol. The number of rotatable bonds is 5. The van der Waals surface area contributed by atoms with Crippen LogP contribution in [-0.2, 0) is 0 Å². The topological polar surface area (TPSA) is 0 Å². The number of thiophene rings is 1. The van der Waals surface area contributed by atoms with Crippen LogP contribution in [0.5, 0.6) is 0 Å². The van der Waals surface area contributed by atoms with Gasteiger partial charge in [-0.3, -0.25) is 0 Å². The molecule has 0 radical (unpaired) electrons. The minimum Gasteiger partial charge on any atom is -0.148 e. The number of fused-ring (bicyclic) bond motifs is 2. The summed E-state index contributed by atoms with van der Waals surface area (Å²) in [7, 11) is 0. The summed E-state index contributed by atoms with van der Waals surface area (Å²) >= 11 is 5.52. The second kappa shape index (κ2) is 8.50. The van der Waals surface area contributed by atoms with Gasteiger partial charge in [0.05, 0.1) is 0 Å². The van der Waals surface area contributed by atoms with E-state index in [1.165, 1.54) is 48.0 Å². The standard InChI is InChI=1S/C27H22S3/c1-28-25-16-22(18-10-5-3-7-12-20(18)25)27(24-14-9-15-30-24)23-17-26(29-2)21-13-8-4-6-11-19(21)23/h3-17,27H,1-2H3. The molecule has 0 fully saturated rings. The average molecular weight is 443 g/mol. The van der Waals surface area contributed by atoms with E-state index in [1.807, 2.05) is 34.9 Å². The Hall–Kier alpha value is -2.20. The normalized spacial score (nSPS) is 11.6. The van der Waals surface area contributed by atoms with Gasteiger partial charge in [-0.05, 0) is 69.5 Å². The van der Waals surface area contributed by atoms with Crippen molar-refractivity contribution in [3.8, 4) is 22.3 Å². The zero-order chi connectivity index (χ0) is 20.5. The Morgan fingerprint density at radius 1 is 0.600 bits per heavy atom. The van der Waals surface area contributed by atoms with E-state index in [0.717, 1.165) is 0 Å². The van der Waals surface area contributed by atoms with E-state index < -0.39 is 0 Å². The molecule has 30 heavy (non-hydrogen) atoms. The van der Waals surface area contributed by atoms with Crippen molar-refractivity contribution in [2.45, 2.75) is 15.7 Å². The first-order chi connectivity index (χ1) is 14.8. The van der Waals surface area contributed by atoms with Gasteiger partial charge in [-0.15, -0.1) is 34.9 Å². The summed E-state index contributed by atoms with van der Waals surface area (Å²) in [5.41, 5.74) is 8.19. The highest BCUT2D eigenvalue weighted by Crippen LogP contribution is 2.50. The molecule has 0 unspecified atom stereocenters. The fraction of sp³-hybridized carbons (Fsp3) is 0.111. The molecule has 0 saturated carbocycles. The van der Waals surface area contributed by atoms with Crippen molar-refractivity contribution in [1.29, 1.82) is 0 Å². The quantitative estimate of drug-likeness (QED) is 0.250. The van der Waals surface area contributed by atoms with E-state index >= 15 is 0 Å². The SMILES string of the molecule is CSc1cc(C(c2cccs2)c2cc(SC)c3cccccc2-3)c2cccccc1-2. The predicted molar refractivity (Wildman–Crippen MR) is 135 cm³/mol. The van der Waals surface area contributed by atoms with Crippen LogP contribution in [0.15, 0.2) is 100 Å². The summed E-state index contributed by atoms with van der Waals surface area (Å²) in [5, 5.41) is 2.20. The van der Waals surface area contributed by atoms with Gasteiger partial charge in [0.25, 0.3) is 0 Å². The van der Waals surface area contributed by atoms with E-state index in [9.17, 15) is 0 Å². The molecule has 4 aliphatic carbocycles. The first-order valence-corrected chi connectivity index (χ1v) is 13.3. The Morgan fingerprint density at radius 3 is 1.53 bits per heavy atom. The van der Waals surface area contributed by atoms with Gasteiger partial charge in [-0.1, -0.05) is 66.7 Å². The second-order valence-corrected chi connectivity index (χ2v) is 9.94. The summed E-state index contributed by atoms with van der Waals surface area (Å²) in [4.78, 5) is 4.10. The molecule has 0 saturated heterocycles. The molecule has 0 nitrogen and oxygen atoms in total. The molecular weight excluding hydrogens is 420 g/mol. The molecule has 1 heterocycles. The van der Waals surface area contributed by atoms with E-state index in [2.05, 4.69) is 103 Å². The minimum absolute atomic E-state index is 0.224. The van der Waals surface area contributed by atoms with Crippen molar-refractivity contribution in [2.24, 2.45) is 0 Å². The van der Waals surface area contributed by atoms with Crippen molar-refractivity contribution in [2.75, 3.05) is 12.5 Å². The summed E-state index contributed by atoms with van der Waals surface area (Å²) < 4.78 is 0. The maximum absolute atomic E-state index is 2.42. The smallest absolute Gasteiger partial charge is 0.0447 e. The Balaban J connectivity index is 1.81. The fourth-order valence-corrected chi connectivity index (χ4v) is 6.51. The third-order valence-electron chi connectivity index (χ3n) is 5.69. The number of hydrogen-bond acceptors (Lipinski definition) is 3. The molecule has 148 valence electrons. The molecule has 0 aliphatic heterocycles. The highest BCUT2D eigenvalue weighted by molar-refractivity contribution is 7.99. The lowest BCUT2D eigenvalue weighted by molar-refractivity contribution is 1.02. The van der Waals surface area contributed by atoms with Crippen LogP contribution < -0.4 is 0 Å². The van der Waals surface area contributed by atoms with E-state index in [1.54, 1.807) is 0 Å². The zero-order valence-electron chi connectivity index (χ0n) is 17.0. The van der Waals surface area contributed by atoms with E-state index in [0.29, 0.717) is 0 Å². The Bertz CT molecular complexity index is 1140. The van der Waals surface area contributed by atoms with Gasteiger partial charge in [0.2, 0.25) is 0 Å². The highest BCUT2D eigenvalue weighted by Gasteiger charge is 2.29. The third kappa shape index (κ3) is 3.35. The second-order valence-electron chi connectivity index (χ2n) is 7.26. The lowest BCUT2D eigenvalue weighted by atomic mass is 9.87. The molecule has 3 heteroatoms. The van der Waals surface area contributed by atoms with Crippen LogP contribution in [0.4, 0.5) is 0 Å². The number of hydrogen-bond donors (Lipinski definition) is 0. The van der Waals surface area contributed by atoms with Crippen LogP contribution in [0, 0.1) is 0 Å². The lowest BCUT2D eigenvalue weighted by Gasteiger charge is -2.17. The van der Waals surface area contributed by atoms with Crippen molar-refractivity contribution >= 4 is 34.9 Å². The third-order valence-corrected chi connectivity index (χ3v) is 8.18. The molecular formula is C27H22S3. The van der Waals surface area contributed by atoms with Crippen LogP contribution in [0.2, 0.25) is 0 Å². The summed E-state index contributed by atoms with van der Waals surface area (Å²) in [5.74, 6) is 0.224. The van der Waals surface area contributed by atoms with Crippen LogP contribution >= 0.6 is 34.9 Å². The molecule has 0 amide bonds. The molecule has 1 aromatic heterocycles. The number of thioether (sulfide) groups is 2. The Kier molecular flexibility index (Phi) is 5.60. The maximum atomic E-state index is 2.42. The Labute approximate surface area is 191 Å². The molecule has 0 atom stereocenters.